The average Bonchev–Trinajstić information content (AvgIpc) is 3.96. The maximum Gasteiger partial charge on any atom is 0.488 e. The van der Waals surface area contributed by atoms with Crippen LogP contribution >= 0.6 is 47.8 Å². The number of fused-ring (bicyclic) bond motifs is 2. The van der Waals surface area contributed by atoms with Crippen LogP contribution in [0.1, 0.15) is 16.7 Å². The highest BCUT2D eigenvalue weighted by Gasteiger charge is 2.10. The van der Waals surface area contributed by atoms with Crippen LogP contribution in [-0.4, -0.2) is 46.7 Å². The van der Waals surface area contributed by atoms with Crippen LogP contribution in [0.4, 0.5) is 0 Å². The minimum atomic E-state index is -1.38. The number of nitrogens with zero attached hydrogens (tertiary/aromatic N) is 6. The average molecular weight is 945 g/mol. The molecule has 0 saturated carbocycles. The van der Waals surface area contributed by atoms with Gasteiger partial charge in [0.1, 0.15) is 25.3 Å². The molecule has 0 atom stereocenters. The topological polar surface area (TPSA) is 102 Å². The zero-order chi connectivity index (χ0) is 39.8. The van der Waals surface area contributed by atoms with Crippen molar-refractivity contribution in [2.45, 2.75) is 18.4 Å². The molecule has 0 amide bonds. The van der Waals surface area contributed by atoms with E-state index in [1.165, 1.54) is 44.9 Å². The van der Waals surface area contributed by atoms with Crippen LogP contribution in [0, 0.1) is 0 Å². The van der Waals surface area contributed by atoms with Crippen molar-refractivity contribution < 1.29 is 10.0 Å². The molecule has 2 heterocycles. The van der Waals surface area contributed by atoms with Crippen LogP contribution < -0.4 is 5.46 Å². The van der Waals surface area contributed by atoms with E-state index >= 15 is 0 Å². The number of rotatable bonds is 7. The van der Waals surface area contributed by atoms with Crippen molar-refractivity contribution in [3.05, 3.63) is 209 Å². The molecule has 12 heteroatoms. The van der Waals surface area contributed by atoms with Gasteiger partial charge in [-0.1, -0.05) is 169 Å². The molecule has 0 spiro atoms. The summed E-state index contributed by atoms with van der Waals surface area (Å²) in [5.41, 5.74) is 6.71. The van der Waals surface area contributed by atoms with Gasteiger partial charge in [0.25, 0.3) is 0 Å². The fourth-order valence-electron chi connectivity index (χ4n) is 5.84. The molecule has 57 heavy (non-hydrogen) atoms. The van der Waals surface area contributed by atoms with E-state index in [9.17, 15) is 0 Å². The molecule has 0 aliphatic rings. The fourth-order valence-corrected chi connectivity index (χ4v) is 7.09. The maximum atomic E-state index is 8.94. The predicted octanol–water partition coefficient (Wildman–Crippen LogP) is 10.1. The summed E-state index contributed by atoms with van der Waals surface area (Å²) in [6, 6.07) is 53.2. The highest BCUT2D eigenvalue weighted by Crippen LogP contribution is 2.25. The lowest BCUT2D eigenvalue weighted by molar-refractivity contribution is 0.426. The van der Waals surface area contributed by atoms with Gasteiger partial charge in [0.15, 0.2) is 0 Å². The molecule has 8 nitrogen and oxygen atoms in total. The molecule has 7 aromatic carbocycles. The third-order valence-corrected chi connectivity index (χ3v) is 10.3. The van der Waals surface area contributed by atoms with Crippen LogP contribution in [0.2, 0.25) is 0 Å². The lowest BCUT2D eigenvalue weighted by Crippen LogP contribution is -2.29. The highest BCUT2D eigenvalue weighted by atomic mass is 79.9. The molecule has 0 aliphatic heterocycles. The largest absolute Gasteiger partial charge is 0.488 e. The Morgan fingerprint density at radius 2 is 0.965 bits per heavy atom. The van der Waals surface area contributed by atoms with Gasteiger partial charge in [-0.25, -0.2) is 19.3 Å². The van der Waals surface area contributed by atoms with E-state index in [1.54, 1.807) is 35.8 Å². The molecule has 0 unspecified atom stereocenters. The third kappa shape index (κ3) is 12.9. The van der Waals surface area contributed by atoms with Crippen molar-refractivity contribution in [2.24, 2.45) is 0 Å². The first-order chi connectivity index (χ1) is 27.8. The number of alkyl halides is 1. The molecule has 0 saturated heterocycles. The molecular weight excluding hydrogens is 907 g/mol. The van der Waals surface area contributed by atoms with E-state index in [0.717, 1.165) is 38.1 Å². The van der Waals surface area contributed by atoms with Gasteiger partial charge in [-0.3, -0.25) is 0 Å². The van der Waals surface area contributed by atoms with Gasteiger partial charge in [0.2, 0.25) is 0 Å². The normalized spacial score (nSPS) is 10.4. The summed E-state index contributed by atoms with van der Waals surface area (Å²) in [5, 5.41) is 31.7. The lowest BCUT2D eigenvalue weighted by atomic mass is 9.79. The number of aromatic nitrogens is 6. The van der Waals surface area contributed by atoms with Crippen molar-refractivity contribution in [3.8, 4) is 11.1 Å². The highest BCUT2D eigenvalue weighted by molar-refractivity contribution is 9.10. The van der Waals surface area contributed by atoms with Gasteiger partial charge >= 0.3 is 7.12 Å². The molecule has 284 valence electrons. The molecule has 2 aromatic heterocycles. The smallest absolute Gasteiger partial charge is 0.423 e. The van der Waals surface area contributed by atoms with Gasteiger partial charge in [0.05, 0.1) is 13.1 Å². The van der Waals surface area contributed by atoms with Crippen LogP contribution in [0.3, 0.4) is 0 Å². The first kappa shape index (κ1) is 41.4. The SMILES string of the molecule is BrCc1cccc(Br)c1.Brc1cccc(Cn2cncn2)c1.OB(O)c1ccc2ccccc2c1.c1cc(Cn2cncn2)cc(-c2ccc3ccccc3c2)c1. The Morgan fingerprint density at radius 3 is 1.49 bits per heavy atom. The van der Waals surface area contributed by atoms with Crippen molar-refractivity contribution in [1.82, 2.24) is 29.5 Å². The fraction of sp³-hybridized carbons (Fsp3) is 0.0667. The molecule has 0 fully saturated rings. The summed E-state index contributed by atoms with van der Waals surface area (Å²) in [6.45, 7) is 1.50. The van der Waals surface area contributed by atoms with Gasteiger partial charge in [-0.05, 0) is 91.2 Å². The molecule has 0 bridgehead atoms. The monoisotopic (exact) mass is 942 g/mol. The van der Waals surface area contributed by atoms with Gasteiger partial charge in [-0.2, -0.15) is 10.2 Å². The molecule has 9 rings (SSSR count). The Bertz CT molecular complexity index is 2610. The third-order valence-electron chi connectivity index (χ3n) is 8.64. The number of benzene rings is 7. The van der Waals surface area contributed by atoms with E-state index in [2.05, 4.69) is 159 Å². The zero-order valence-corrected chi connectivity index (χ0v) is 35.5. The van der Waals surface area contributed by atoms with E-state index in [1.807, 2.05) is 59.3 Å². The van der Waals surface area contributed by atoms with Crippen molar-refractivity contribution >= 4 is 81.9 Å². The van der Waals surface area contributed by atoms with Crippen LogP contribution in [0.25, 0.3) is 32.7 Å². The summed E-state index contributed by atoms with van der Waals surface area (Å²) in [6.07, 6.45) is 6.55. The second-order valence-electron chi connectivity index (χ2n) is 12.8. The summed E-state index contributed by atoms with van der Waals surface area (Å²) < 4.78 is 5.85. The standard InChI is InChI=1S/C19H15N3.C10H9BO2.C9H8BrN3.C7H6Br2/c1-2-6-18-11-19(9-8-16(18)5-1)17-7-3-4-15(10-17)12-22-14-20-13-21-22;12-11(13)10-6-5-8-3-1-2-4-9(8)7-10;10-9-3-1-2-8(4-9)5-13-7-11-6-12-13;8-5-6-2-1-3-7(9)4-6/h1-11,13-14H,12H2;1-7,12-13H;1-4,6-7H,5H2;1-4H,5H2. The van der Waals surface area contributed by atoms with E-state index in [4.69, 9.17) is 10.0 Å². The quantitative estimate of drug-likeness (QED) is 0.122. The van der Waals surface area contributed by atoms with Gasteiger partial charge in [-0.15, -0.1) is 0 Å². The van der Waals surface area contributed by atoms with E-state index < -0.39 is 7.12 Å². The van der Waals surface area contributed by atoms with Gasteiger partial charge < -0.3 is 10.0 Å². The Morgan fingerprint density at radius 1 is 0.474 bits per heavy atom. The molecule has 2 N–H and O–H groups in total. The van der Waals surface area contributed by atoms with Gasteiger partial charge in [0, 0.05) is 14.3 Å². The first-order valence-electron chi connectivity index (χ1n) is 18.0. The number of hydrogen-bond donors (Lipinski definition) is 2. The summed E-state index contributed by atoms with van der Waals surface area (Å²) in [7, 11) is -1.38. The van der Waals surface area contributed by atoms with Crippen molar-refractivity contribution in [3.63, 3.8) is 0 Å². The first-order valence-corrected chi connectivity index (χ1v) is 20.7. The Labute approximate surface area is 357 Å². The summed E-state index contributed by atoms with van der Waals surface area (Å²) in [5.74, 6) is 0. The Kier molecular flexibility index (Phi) is 15.5. The minimum Gasteiger partial charge on any atom is -0.423 e. The Balaban J connectivity index is 0.000000136. The van der Waals surface area contributed by atoms with E-state index in [0.29, 0.717) is 5.46 Å². The van der Waals surface area contributed by atoms with Crippen molar-refractivity contribution in [1.29, 1.82) is 0 Å². The molecular formula is C45H38BBr3N6O2. The van der Waals surface area contributed by atoms with Crippen LogP contribution in [-0.2, 0) is 18.4 Å². The van der Waals surface area contributed by atoms with E-state index in [-0.39, 0.29) is 0 Å². The second kappa shape index (κ2) is 21.3. The Hall–Kier alpha value is -5.24. The second-order valence-corrected chi connectivity index (χ2v) is 15.2. The molecule has 0 aliphatic carbocycles. The number of halogens is 3. The summed E-state index contributed by atoms with van der Waals surface area (Å²) in [4.78, 5) is 7.87. The lowest BCUT2D eigenvalue weighted by Gasteiger charge is -2.07. The number of hydrogen-bond acceptors (Lipinski definition) is 6. The minimum absolute atomic E-state index is 0.527. The maximum absolute atomic E-state index is 8.94. The molecule has 9 aromatic rings. The predicted molar refractivity (Wildman–Crippen MR) is 242 cm³/mol. The molecule has 0 radical (unpaired) electrons. The van der Waals surface area contributed by atoms with Crippen LogP contribution in [0.5, 0.6) is 0 Å². The summed E-state index contributed by atoms with van der Waals surface area (Å²) >= 11 is 10.2. The van der Waals surface area contributed by atoms with Crippen molar-refractivity contribution in [2.75, 3.05) is 0 Å². The van der Waals surface area contributed by atoms with Crippen LogP contribution in [0.15, 0.2) is 192 Å². The zero-order valence-electron chi connectivity index (χ0n) is 30.7.